The molecule has 102 valence electrons. The molecule has 4 heteroatoms. The Hall–Kier alpha value is -1.81. The van der Waals surface area contributed by atoms with E-state index in [1.165, 1.54) is 0 Å². The summed E-state index contributed by atoms with van der Waals surface area (Å²) in [6.45, 7) is 3.20. The average molecular weight is 259 g/mol. The molecule has 1 aromatic heterocycles. The third-order valence-corrected chi connectivity index (χ3v) is 3.36. The number of carbonyl (C=O) groups is 1. The summed E-state index contributed by atoms with van der Waals surface area (Å²) >= 11 is 0. The largest absolute Gasteiger partial charge is 0.361 e. The molecule has 0 aliphatic rings. The Labute approximate surface area is 113 Å². The molecule has 19 heavy (non-hydrogen) atoms. The molecular weight excluding hydrogens is 238 g/mol. The molecule has 0 bridgehead atoms. The number of amides is 1. The molecule has 0 radical (unpaired) electrons. The number of aromatic nitrogens is 1. The number of likely N-dealkylation sites (N-methyl/N-ethyl adjacent to an activating group) is 1. The van der Waals surface area contributed by atoms with E-state index in [2.05, 4.69) is 16.4 Å². The predicted octanol–water partition coefficient (Wildman–Crippen LogP) is 2.13. The lowest BCUT2D eigenvalue weighted by molar-refractivity contribution is -0.122. The molecule has 1 amide bonds. The SMILES string of the molecule is CCNC(=O)C(CCCN)c1c[nH]c2ccccc12. The van der Waals surface area contributed by atoms with Gasteiger partial charge in [0.25, 0.3) is 0 Å². The topological polar surface area (TPSA) is 70.9 Å². The molecule has 0 aliphatic heterocycles. The summed E-state index contributed by atoms with van der Waals surface area (Å²) in [4.78, 5) is 15.5. The van der Waals surface area contributed by atoms with Crippen molar-refractivity contribution in [1.82, 2.24) is 10.3 Å². The van der Waals surface area contributed by atoms with Crippen molar-refractivity contribution >= 4 is 16.8 Å². The van der Waals surface area contributed by atoms with Crippen LogP contribution < -0.4 is 11.1 Å². The van der Waals surface area contributed by atoms with Crippen molar-refractivity contribution in [2.45, 2.75) is 25.7 Å². The fourth-order valence-electron chi connectivity index (χ4n) is 2.43. The second kappa shape index (κ2) is 6.38. The Morgan fingerprint density at radius 3 is 2.95 bits per heavy atom. The van der Waals surface area contributed by atoms with Crippen molar-refractivity contribution in [3.8, 4) is 0 Å². The van der Waals surface area contributed by atoms with E-state index < -0.39 is 0 Å². The highest BCUT2D eigenvalue weighted by Gasteiger charge is 2.22. The molecule has 4 N–H and O–H groups in total. The minimum Gasteiger partial charge on any atom is -0.361 e. The Morgan fingerprint density at radius 1 is 1.42 bits per heavy atom. The van der Waals surface area contributed by atoms with E-state index in [1.54, 1.807) is 0 Å². The maximum absolute atomic E-state index is 12.2. The standard InChI is InChI=1S/C15H21N3O/c1-2-17-15(19)12(7-5-9-16)13-10-18-14-8-4-3-6-11(13)14/h3-4,6,8,10,12,18H,2,5,7,9,16H2,1H3,(H,17,19). The molecule has 0 spiro atoms. The third-order valence-electron chi connectivity index (χ3n) is 3.36. The summed E-state index contributed by atoms with van der Waals surface area (Å²) in [7, 11) is 0. The van der Waals surface area contributed by atoms with Gasteiger partial charge in [0.1, 0.15) is 0 Å². The number of rotatable bonds is 6. The van der Waals surface area contributed by atoms with Gasteiger partial charge in [-0.15, -0.1) is 0 Å². The van der Waals surface area contributed by atoms with E-state index in [-0.39, 0.29) is 11.8 Å². The zero-order valence-electron chi connectivity index (χ0n) is 11.3. The number of aromatic amines is 1. The number of hydrogen-bond acceptors (Lipinski definition) is 2. The smallest absolute Gasteiger partial charge is 0.227 e. The monoisotopic (exact) mass is 259 g/mol. The molecule has 0 fully saturated rings. The van der Waals surface area contributed by atoms with E-state index >= 15 is 0 Å². The summed E-state index contributed by atoms with van der Waals surface area (Å²) in [5.41, 5.74) is 7.71. The van der Waals surface area contributed by atoms with Crippen LogP contribution >= 0.6 is 0 Å². The van der Waals surface area contributed by atoms with Crippen LogP contribution in [0.5, 0.6) is 0 Å². The van der Waals surface area contributed by atoms with Crippen molar-refractivity contribution in [1.29, 1.82) is 0 Å². The number of H-pyrrole nitrogens is 1. The highest BCUT2D eigenvalue weighted by Crippen LogP contribution is 2.28. The number of nitrogens with two attached hydrogens (primary N) is 1. The Bertz CT molecular complexity index is 547. The van der Waals surface area contributed by atoms with Crippen molar-refractivity contribution in [3.63, 3.8) is 0 Å². The summed E-state index contributed by atoms with van der Waals surface area (Å²) in [5.74, 6) is -0.0413. The van der Waals surface area contributed by atoms with E-state index in [4.69, 9.17) is 5.73 Å². The molecule has 4 nitrogen and oxygen atoms in total. The van der Waals surface area contributed by atoms with E-state index in [1.807, 2.05) is 31.3 Å². The van der Waals surface area contributed by atoms with Crippen molar-refractivity contribution in [3.05, 3.63) is 36.0 Å². The lowest BCUT2D eigenvalue weighted by Gasteiger charge is -2.15. The zero-order chi connectivity index (χ0) is 13.7. The molecule has 2 aromatic rings. The van der Waals surface area contributed by atoms with Gasteiger partial charge in [0.05, 0.1) is 5.92 Å². The van der Waals surface area contributed by atoms with Crippen LogP contribution in [0.15, 0.2) is 30.5 Å². The van der Waals surface area contributed by atoms with Crippen molar-refractivity contribution in [2.75, 3.05) is 13.1 Å². The highest BCUT2D eigenvalue weighted by atomic mass is 16.1. The van der Waals surface area contributed by atoms with Crippen LogP contribution in [0, 0.1) is 0 Å². The molecule has 1 unspecified atom stereocenters. The van der Waals surface area contributed by atoms with E-state index in [0.717, 1.165) is 29.3 Å². The third kappa shape index (κ3) is 2.96. The molecule has 1 heterocycles. The van der Waals surface area contributed by atoms with Crippen molar-refractivity contribution < 1.29 is 4.79 Å². The quantitative estimate of drug-likeness (QED) is 0.743. The van der Waals surface area contributed by atoms with Crippen LogP contribution in [0.4, 0.5) is 0 Å². The molecule has 0 saturated carbocycles. The van der Waals surface area contributed by atoms with Crippen LogP contribution in [0.3, 0.4) is 0 Å². The lowest BCUT2D eigenvalue weighted by atomic mass is 9.93. The average Bonchev–Trinajstić information content (AvgIpc) is 2.84. The fraction of sp³-hybridized carbons (Fsp3) is 0.400. The van der Waals surface area contributed by atoms with E-state index in [0.29, 0.717) is 13.1 Å². The summed E-state index contributed by atoms with van der Waals surface area (Å²) in [6.07, 6.45) is 3.58. The first-order chi connectivity index (χ1) is 9.27. The maximum Gasteiger partial charge on any atom is 0.227 e. The van der Waals surface area contributed by atoms with Gasteiger partial charge in [-0.25, -0.2) is 0 Å². The number of benzene rings is 1. The van der Waals surface area contributed by atoms with Crippen LogP contribution in [-0.4, -0.2) is 24.0 Å². The first kappa shape index (κ1) is 13.6. The maximum atomic E-state index is 12.2. The van der Waals surface area contributed by atoms with Gasteiger partial charge in [-0.2, -0.15) is 0 Å². The number of nitrogens with one attached hydrogen (secondary N) is 2. The van der Waals surface area contributed by atoms with Gasteiger partial charge in [0.2, 0.25) is 5.91 Å². The second-order valence-electron chi connectivity index (χ2n) is 4.67. The van der Waals surface area contributed by atoms with Crippen LogP contribution in [0.2, 0.25) is 0 Å². The van der Waals surface area contributed by atoms with Gasteiger partial charge in [-0.3, -0.25) is 4.79 Å². The number of carbonyl (C=O) groups excluding carboxylic acids is 1. The minimum atomic E-state index is -0.125. The lowest BCUT2D eigenvalue weighted by Crippen LogP contribution is -2.29. The highest BCUT2D eigenvalue weighted by molar-refractivity contribution is 5.91. The van der Waals surface area contributed by atoms with Gasteiger partial charge in [0.15, 0.2) is 0 Å². The zero-order valence-corrected chi connectivity index (χ0v) is 11.3. The van der Waals surface area contributed by atoms with Crippen molar-refractivity contribution in [2.24, 2.45) is 5.73 Å². The number of fused-ring (bicyclic) bond motifs is 1. The fourth-order valence-corrected chi connectivity index (χ4v) is 2.43. The first-order valence-electron chi connectivity index (χ1n) is 6.81. The Morgan fingerprint density at radius 2 is 2.21 bits per heavy atom. The van der Waals surface area contributed by atoms with Crippen LogP contribution in [0.25, 0.3) is 10.9 Å². The second-order valence-corrected chi connectivity index (χ2v) is 4.67. The van der Waals surface area contributed by atoms with E-state index in [9.17, 15) is 4.79 Å². The number of hydrogen-bond donors (Lipinski definition) is 3. The van der Waals surface area contributed by atoms with Gasteiger partial charge in [-0.05, 0) is 37.9 Å². The molecule has 0 aliphatic carbocycles. The Balaban J connectivity index is 2.33. The molecule has 1 aromatic carbocycles. The minimum absolute atomic E-state index is 0.0840. The van der Waals surface area contributed by atoms with Gasteiger partial charge < -0.3 is 16.0 Å². The summed E-state index contributed by atoms with van der Waals surface area (Å²) < 4.78 is 0. The molecular formula is C15H21N3O. The normalized spacial score (nSPS) is 12.5. The van der Waals surface area contributed by atoms with Crippen LogP contribution in [-0.2, 0) is 4.79 Å². The van der Waals surface area contributed by atoms with Crippen LogP contribution in [0.1, 0.15) is 31.2 Å². The van der Waals surface area contributed by atoms with Gasteiger partial charge in [-0.1, -0.05) is 18.2 Å². The first-order valence-corrected chi connectivity index (χ1v) is 6.81. The molecule has 1 atom stereocenters. The van der Waals surface area contributed by atoms with Gasteiger partial charge in [0, 0.05) is 23.6 Å². The molecule has 2 rings (SSSR count). The predicted molar refractivity (Wildman–Crippen MR) is 78.0 cm³/mol. The summed E-state index contributed by atoms with van der Waals surface area (Å²) in [6, 6.07) is 8.06. The number of para-hydroxylation sites is 1. The summed E-state index contributed by atoms with van der Waals surface area (Å²) in [5, 5.41) is 4.03. The van der Waals surface area contributed by atoms with Gasteiger partial charge >= 0.3 is 0 Å². The Kier molecular flexibility index (Phi) is 4.58. The molecule has 0 saturated heterocycles.